The van der Waals surface area contributed by atoms with Crippen molar-refractivity contribution in [3.05, 3.63) is 60.6 Å². The molecule has 0 saturated carbocycles. The van der Waals surface area contributed by atoms with Gasteiger partial charge in [0.25, 0.3) is 0 Å². The van der Waals surface area contributed by atoms with E-state index in [4.69, 9.17) is 19.2 Å². The van der Waals surface area contributed by atoms with E-state index in [0.29, 0.717) is 17.4 Å². The van der Waals surface area contributed by atoms with Gasteiger partial charge in [-0.25, -0.2) is 19.6 Å². The number of ether oxygens (including phenoxy) is 3. The minimum absolute atomic E-state index is 0.159. The van der Waals surface area contributed by atoms with E-state index in [1.54, 1.807) is 37.8 Å². The second kappa shape index (κ2) is 12.8. The Kier molecular flexibility index (Phi) is 9.07. The number of benzene rings is 2. The van der Waals surface area contributed by atoms with E-state index in [9.17, 15) is 9.59 Å². The fourth-order valence-corrected chi connectivity index (χ4v) is 5.51. The van der Waals surface area contributed by atoms with E-state index in [2.05, 4.69) is 46.5 Å². The number of esters is 1. The summed E-state index contributed by atoms with van der Waals surface area (Å²) in [7, 11) is 1.66. The van der Waals surface area contributed by atoms with Gasteiger partial charge < -0.3 is 19.5 Å². The predicted molar refractivity (Wildman–Crippen MR) is 179 cm³/mol. The number of likely N-dealkylation sites (tertiary alicyclic amines) is 1. The normalized spacial score (nSPS) is 16.5. The van der Waals surface area contributed by atoms with Crippen LogP contribution < -0.4 is 10.1 Å². The minimum Gasteiger partial charge on any atom is -0.488 e. The zero-order chi connectivity index (χ0) is 33.2. The number of hydrogen-bond donors (Lipinski definition) is 1. The molecule has 2 atom stereocenters. The highest BCUT2D eigenvalue weighted by Crippen LogP contribution is 2.33. The number of aryl methyl sites for hydroxylation is 1. The second-order valence-corrected chi connectivity index (χ2v) is 18.1. The van der Waals surface area contributed by atoms with Crippen molar-refractivity contribution in [3.63, 3.8) is 0 Å². The molecule has 3 heterocycles. The van der Waals surface area contributed by atoms with Gasteiger partial charge in [-0.05, 0) is 56.7 Å². The van der Waals surface area contributed by atoms with Crippen LogP contribution in [0.15, 0.2) is 55.0 Å². The topological polar surface area (TPSA) is 121 Å². The molecule has 2 aromatic heterocycles. The summed E-state index contributed by atoms with van der Waals surface area (Å²) in [6.07, 6.45) is 4.64. The molecule has 4 aromatic rings. The number of aromatic nitrogens is 4. The Morgan fingerprint density at radius 2 is 1.85 bits per heavy atom. The van der Waals surface area contributed by atoms with Crippen molar-refractivity contribution in [3.8, 4) is 28.3 Å². The largest absolute Gasteiger partial charge is 0.488 e. The number of amides is 1. The molecular weight excluding hydrogens is 600 g/mol. The van der Waals surface area contributed by atoms with Crippen LogP contribution in [0.3, 0.4) is 0 Å². The van der Waals surface area contributed by atoms with Crippen LogP contribution in [0.5, 0.6) is 5.75 Å². The Labute approximate surface area is 270 Å². The molecule has 0 spiro atoms. The van der Waals surface area contributed by atoms with Crippen molar-refractivity contribution >= 4 is 42.7 Å². The number of carbonyl (C=O) groups is 2. The summed E-state index contributed by atoms with van der Waals surface area (Å²) in [5, 5.41) is 8.53. The molecule has 12 heteroatoms. The number of fused-ring (bicyclic) bond motifs is 1. The van der Waals surface area contributed by atoms with Crippen molar-refractivity contribution in [1.82, 2.24) is 24.6 Å². The second-order valence-electron chi connectivity index (χ2n) is 13.4. The molecule has 1 N–H and O–H groups in total. The number of anilines is 2. The van der Waals surface area contributed by atoms with E-state index in [1.807, 2.05) is 49.6 Å². The van der Waals surface area contributed by atoms with Crippen molar-refractivity contribution in [2.75, 3.05) is 19.0 Å². The number of rotatable bonds is 6. The first-order valence-electron chi connectivity index (χ1n) is 15.1. The molecule has 0 bridgehead atoms. The predicted octanol–water partition coefficient (Wildman–Crippen LogP) is 5.93. The van der Waals surface area contributed by atoms with Crippen LogP contribution in [-0.4, -0.2) is 76.2 Å². The van der Waals surface area contributed by atoms with Crippen LogP contribution >= 0.6 is 0 Å². The Bertz CT molecular complexity index is 1830. The molecule has 1 fully saturated rings. The highest BCUT2D eigenvalue weighted by atomic mass is 28.3. The third-order valence-electron chi connectivity index (χ3n) is 7.03. The van der Waals surface area contributed by atoms with Gasteiger partial charge in [-0.2, -0.15) is 5.10 Å². The van der Waals surface area contributed by atoms with E-state index >= 15 is 0 Å². The van der Waals surface area contributed by atoms with Crippen LogP contribution in [0.4, 0.5) is 16.4 Å². The summed E-state index contributed by atoms with van der Waals surface area (Å²) < 4.78 is 18.7. The van der Waals surface area contributed by atoms with Gasteiger partial charge >= 0.3 is 12.1 Å². The number of methoxy groups -OCH3 is 1. The minimum atomic E-state index is -1.49. The molecule has 2 aromatic carbocycles. The first-order chi connectivity index (χ1) is 21.7. The van der Waals surface area contributed by atoms with Crippen molar-refractivity contribution < 1.29 is 23.8 Å². The Morgan fingerprint density at radius 1 is 1.07 bits per heavy atom. The summed E-state index contributed by atoms with van der Waals surface area (Å²) in [5.74, 6) is 3.72. The lowest BCUT2D eigenvalue weighted by Gasteiger charge is -2.27. The maximum atomic E-state index is 13.0. The standard InChI is InChI=1S/C34H40N6O5Si/c1-34(2,3)45-33(42)40-21-28(17-30(40)31(41)43-5)44-27-15-23(25-19-36-39(4)20-25)14-26(16-27)37-32-35-18-24-13-22(9-10-29(24)38-32)11-12-46(6,7)8/h9-10,13-16,18-20,28,30H,17,21H2,1-8H3,(H,35,37,38). The summed E-state index contributed by atoms with van der Waals surface area (Å²) >= 11 is 0. The number of nitrogens with zero attached hydrogens (tertiary/aromatic N) is 5. The number of hydrogen-bond acceptors (Lipinski definition) is 9. The van der Waals surface area contributed by atoms with Crippen LogP contribution in [0.1, 0.15) is 32.8 Å². The van der Waals surface area contributed by atoms with Gasteiger partial charge in [0.1, 0.15) is 31.6 Å². The number of carbonyl (C=O) groups excluding carboxylic acids is 2. The van der Waals surface area contributed by atoms with Gasteiger partial charge in [0.05, 0.1) is 25.4 Å². The maximum absolute atomic E-state index is 13.0. The van der Waals surface area contributed by atoms with E-state index < -0.39 is 37.9 Å². The molecule has 2 unspecified atom stereocenters. The third-order valence-corrected chi connectivity index (χ3v) is 7.90. The van der Waals surface area contributed by atoms with Crippen LogP contribution in [0.25, 0.3) is 22.0 Å². The molecular formula is C34H40N6O5Si. The molecule has 1 aliphatic rings. The van der Waals surface area contributed by atoms with Gasteiger partial charge in [-0.3, -0.25) is 9.58 Å². The average molecular weight is 641 g/mol. The molecule has 240 valence electrons. The van der Waals surface area contributed by atoms with Gasteiger partial charge in [0.2, 0.25) is 5.95 Å². The summed E-state index contributed by atoms with van der Waals surface area (Å²) in [6, 6.07) is 10.8. The third kappa shape index (κ3) is 8.22. The fraction of sp³-hybridized carbons (Fsp3) is 0.382. The van der Waals surface area contributed by atoms with Gasteiger partial charge in [0, 0.05) is 54.1 Å². The molecule has 0 aliphatic carbocycles. The maximum Gasteiger partial charge on any atom is 0.411 e. The number of nitrogens with one attached hydrogen (secondary N) is 1. The summed E-state index contributed by atoms with van der Waals surface area (Å²) in [5.41, 5.74) is 6.84. The van der Waals surface area contributed by atoms with Gasteiger partial charge in [0.15, 0.2) is 0 Å². The lowest BCUT2D eigenvalue weighted by Crippen LogP contribution is -2.44. The van der Waals surface area contributed by atoms with Crippen LogP contribution in [0.2, 0.25) is 19.6 Å². The van der Waals surface area contributed by atoms with E-state index in [-0.39, 0.29) is 13.0 Å². The molecule has 46 heavy (non-hydrogen) atoms. The Hall–Kier alpha value is -4.89. The molecule has 5 rings (SSSR count). The Balaban J connectivity index is 1.41. The van der Waals surface area contributed by atoms with Crippen molar-refractivity contribution in [2.45, 2.75) is 64.6 Å². The summed E-state index contributed by atoms with van der Waals surface area (Å²) in [4.78, 5) is 36.2. The zero-order valence-electron chi connectivity index (χ0n) is 27.5. The molecule has 1 amide bonds. The molecule has 0 radical (unpaired) electrons. The fourth-order valence-electron chi connectivity index (χ4n) is 4.99. The molecule has 11 nitrogen and oxygen atoms in total. The quantitative estimate of drug-likeness (QED) is 0.155. The zero-order valence-corrected chi connectivity index (χ0v) is 28.5. The van der Waals surface area contributed by atoms with Gasteiger partial charge in [-0.1, -0.05) is 25.6 Å². The first-order valence-corrected chi connectivity index (χ1v) is 18.6. The first kappa shape index (κ1) is 32.5. The lowest BCUT2D eigenvalue weighted by molar-refractivity contribution is -0.145. The van der Waals surface area contributed by atoms with Crippen molar-refractivity contribution in [1.29, 1.82) is 0 Å². The molecule has 1 saturated heterocycles. The smallest absolute Gasteiger partial charge is 0.411 e. The SMILES string of the molecule is COC(=O)C1CC(Oc2cc(Nc3ncc4cc(C#C[Si](C)(C)C)ccc4n3)cc(-c3cnn(C)c3)c2)CN1C(=O)OC(C)(C)C. The highest BCUT2D eigenvalue weighted by molar-refractivity contribution is 6.83. The van der Waals surface area contributed by atoms with Crippen molar-refractivity contribution in [2.24, 2.45) is 7.05 Å². The average Bonchev–Trinajstić information content (AvgIpc) is 3.61. The van der Waals surface area contributed by atoms with Crippen LogP contribution in [0, 0.1) is 11.5 Å². The highest BCUT2D eigenvalue weighted by Gasteiger charge is 2.43. The van der Waals surface area contributed by atoms with E-state index in [0.717, 1.165) is 27.6 Å². The lowest BCUT2D eigenvalue weighted by atomic mass is 10.1. The van der Waals surface area contributed by atoms with E-state index in [1.165, 1.54) is 12.0 Å². The summed E-state index contributed by atoms with van der Waals surface area (Å²) in [6.45, 7) is 12.1. The monoisotopic (exact) mass is 640 g/mol. The van der Waals surface area contributed by atoms with Gasteiger partial charge in [-0.15, -0.1) is 5.54 Å². The van der Waals surface area contributed by atoms with Crippen LogP contribution in [-0.2, 0) is 21.3 Å². The Morgan fingerprint density at radius 3 is 2.52 bits per heavy atom. The molecule has 1 aliphatic heterocycles.